The summed E-state index contributed by atoms with van der Waals surface area (Å²) in [7, 11) is 0. The summed E-state index contributed by atoms with van der Waals surface area (Å²) < 4.78 is 94.7. The summed E-state index contributed by atoms with van der Waals surface area (Å²) in [6.45, 7) is -8.29. The van der Waals surface area contributed by atoms with E-state index in [1.807, 2.05) is 0 Å². The van der Waals surface area contributed by atoms with E-state index in [0.717, 1.165) is 6.33 Å². The van der Waals surface area contributed by atoms with Crippen molar-refractivity contribution in [3.05, 3.63) is 31.0 Å². The number of ether oxygens (including phenoxy) is 2. The van der Waals surface area contributed by atoms with Crippen molar-refractivity contribution in [2.45, 2.75) is 56.1 Å². The van der Waals surface area contributed by atoms with Crippen LogP contribution in [0, 0.1) is 6.92 Å². The van der Waals surface area contributed by atoms with E-state index in [4.69, 9.17) is 33.3 Å². The average molecular weight is 694 g/mol. The van der Waals surface area contributed by atoms with Crippen LogP contribution in [0.4, 0.5) is 14.6 Å². The van der Waals surface area contributed by atoms with Gasteiger partial charge >= 0.3 is 13.6 Å². The molecule has 236 valence electrons. The number of anilines is 1. The molecule has 44 heavy (non-hydrogen) atoms. The van der Waals surface area contributed by atoms with E-state index in [-0.39, 0.29) is 22.6 Å². The number of alkyl halides is 2. The summed E-state index contributed by atoms with van der Waals surface area (Å²) >= 11 is 8.02. The molecule has 4 aromatic heterocycles. The Morgan fingerprint density at radius 3 is 1.82 bits per heavy atom. The van der Waals surface area contributed by atoms with E-state index in [2.05, 4.69) is 54.4 Å². The summed E-state index contributed by atoms with van der Waals surface area (Å²) in [5.74, 6) is 0.0560. The Kier molecular flexibility index (Phi) is 7.71. The molecule has 3 saturated heterocycles. The van der Waals surface area contributed by atoms with Crippen LogP contribution in [0.2, 0.25) is 0 Å². The van der Waals surface area contributed by atoms with Crippen LogP contribution in [-0.2, 0) is 36.7 Å². The minimum absolute atomic E-state index is 0.0560. The molecule has 0 unspecified atom stereocenters. The van der Waals surface area contributed by atoms with Gasteiger partial charge in [0, 0.05) is 0 Å². The zero-order valence-electron chi connectivity index (χ0n) is 22.3. The average Bonchev–Trinajstić information content (AvgIpc) is 3.73. The predicted molar refractivity (Wildman–Crippen MR) is 152 cm³/mol. The normalized spacial score (nSPS) is 38.3. The summed E-state index contributed by atoms with van der Waals surface area (Å²) in [6.07, 6.45) is -7.70. The minimum Gasteiger partial charge on any atom is -0.382 e. The third-order valence-electron chi connectivity index (χ3n) is 7.32. The topological polar surface area (TPSA) is 203 Å². The molecule has 0 spiro atoms. The van der Waals surface area contributed by atoms with Gasteiger partial charge in [-0.25, -0.2) is 47.8 Å². The van der Waals surface area contributed by atoms with Gasteiger partial charge in [-0.2, -0.15) is 0 Å². The fourth-order valence-electron chi connectivity index (χ4n) is 5.27. The summed E-state index contributed by atoms with van der Waals surface area (Å²) in [4.78, 5) is 24.5. The summed E-state index contributed by atoms with van der Waals surface area (Å²) in [5, 5.41) is 0. The second-order valence-corrected chi connectivity index (χ2v) is 15.8. The molecule has 10 atom stereocenters. The number of thiol groups is 2. The third-order valence-corrected chi connectivity index (χ3v) is 10.6. The number of halogens is 2. The largest absolute Gasteiger partial charge is 0.386 e. The number of imidazole rings is 2. The number of nitrogens with zero attached hydrogens (tertiary/aromatic N) is 8. The molecule has 2 N–H and O–H groups in total. The lowest BCUT2D eigenvalue weighted by Gasteiger charge is -2.28. The monoisotopic (exact) mass is 693 g/mol. The van der Waals surface area contributed by atoms with Gasteiger partial charge in [-0.1, -0.05) is 24.5 Å². The molecule has 7 rings (SSSR count). The number of aryl methyl sites for hydroxylation is 1. The quantitative estimate of drug-likeness (QED) is 0.204. The second kappa shape index (κ2) is 11.2. The first-order valence-electron chi connectivity index (χ1n) is 12.9. The van der Waals surface area contributed by atoms with Gasteiger partial charge in [0.2, 0.25) is 0 Å². The smallest absolute Gasteiger partial charge is 0.382 e. The van der Waals surface area contributed by atoms with Gasteiger partial charge in [-0.05, 0) is 6.92 Å². The fourth-order valence-corrected chi connectivity index (χ4v) is 8.24. The molecule has 23 heteroatoms. The lowest BCUT2D eigenvalue weighted by molar-refractivity contribution is -0.0544. The number of rotatable bonds is 2. The molecular weight excluding hydrogens is 670 g/mol. The van der Waals surface area contributed by atoms with Crippen LogP contribution in [0.3, 0.4) is 0 Å². The molecule has 7 heterocycles. The molecular formula is C21H23F2N9O8P2S2. The maximum Gasteiger partial charge on any atom is 0.386 e. The van der Waals surface area contributed by atoms with E-state index >= 15 is 8.78 Å². The van der Waals surface area contributed by atoms with Gasteiger partial charge in [-0.15, -0.1) is 0 Å². The molecule has 3 fully saturated rings. The van der Waals surface area contributed by atoms with Crippen LogP contribution in [0.1, 0.15) is 18.1 Å². The Bertz CT molecular complexity index is 1710. The van der Waals surface area contributed by atoms with Crippen molar-refractivity contribution in [2.75, 3.05) is 18.9 Å². The van der Waals surface area contributed by atoms with E-state index in [0.29, 0.717) is 11.2 Å². The first-order chi connectivity index (χ1) is 20.9. The van der Waals surface area contributed by atoms with Crippen molar-refractivity contribution in [3.8, 4) is 0 Å². The van der Waals surface area contributed by atoms with Gasteiger partial charge in [0.1, 0.15) is 48.1 Å². The number of hydrogen-bond acceptors (Lipinski definition) is 15. The standard InChI is InChI=1S/C21H23F2N9O8P2S2/c1-8-13-18(27-4-25-8)31(6-29-13)20-11(22)15-9(37-20)2-35-42(34,44)40-16-10(3-36-41(33,43)39-15)38-21(12(16)23)32-7-30-14-17(24)26-5-28-19(14)32/h4-7,9-12,15-16,20-21H,2-3H2,1H3,(H,33,43)(H,34,44)(H2,24,26,28)/t9-,10-,11+,12+,15-,16-,20-,21-,41-,42+/m1/s1. The fraction of sp³-hybridized carbons (Fsp3) is 0.524. The van der Waals surface area contributed by atoms with Crippen LogP contribution in [0.25, 0.3) is 22.3 Å². The molecule has 0 aliphatic carbocycles. The molecule has 0 bridgehead atoms. The van der Waals surface area contributed by atoms with Crippen molar-refractivity contribution in [3.63, 3.8) is 0 Å². The minimum atomic E-state index is -4.37. The Morgan fingerprint density at radius 2 is 1.27 bits per heavy atom. The van der Waals surface area contributed by atoms with Gasteiger partial charge in [0.05, 0.1) is 31.6 Å². The van der Waals surface area contributed by atoms with Gasteiger partial charge in [0.25, 0.3) is 0 Å². The Hall–Kier alpha value is -2.32. The molecule has 3 aliphatic heterocycles. The van der Waals surface area contributed by atoms with E-state index in [9.17, 15) is 9.13 Å². The van der Waals surface area contributed by atoms with E-state index in [1.54, 1.807) is 6.92 Å². The summed E-state index contributed by atoms with van der Waals surface area (Å²) in [5.41, 5.74) is 7.41. The first-order valence-corrected chi connectivity index (χ1v) is 18.3. The highest BCUT2D eigenvalue weighted by atomic mass is 32.7. The summed E-state index contributed by atoms with van der Waals surface area (Å²) in [6, 6.07) is 0. The highest BCUT2D eigenvalue weighted by Crippen LogP contribution is 2.60. The van der Waals surface area contributed by atoms with Crippen molar-refractivity contribution in [1.29, 1.82) is 0 Å². The van der Waals surface area contributed by atoms with Crippen molar-refractivity contribution < 1.29 is 45.5 Å². The Balaban J connectivity index is 1.17. The lowest BCUT2D eigenvalue weighted by Crippen LogP contribution is -2.36. The number of hydrogen-bond donors (Lipinski definition) is 3. The van der Waals surface area contributed by atoms with Crippen LogP contribution >= 0.6 is 38.1 Å². The third kappa shape index (κ3) is 5.32. The van der Waals surface area contributed by atoms with Gasteiger partial charge in [-0.3, -0.25) is 27.2 Å². The van der Waals surface area contributed by atoms with Crippen LogP contribution in [-0.4, -0.2) is 89.0 Å². The van der Waals surface area contributed by atoms with E-state index in [1.165, 1.54) is 28.1 Å². The van der Waals surface area contributed by atoms with Gasteiger partial charge in [0.15, 0.2) is 41.9 Å². The molecule has 0 radical (unpaired) electrons. The van der Waals surface area contributed by atoms with Crippen LogP contribution in [0.5, 0.6) is 0 Å². The van der Waals surface area contributed by atoms with Crippen LogP contribution < -0.4 is 5.73 Å². The number of nitrogen functional groups attached to an aromatic ring is 1. The van der Waals surface area contributed by atoms with Crippen molar-refractivity contribution in [1.82, 2.24) is 39.0 Å². The number of fused-ring (bicyclic) bond motifs is 4. The number of aromatic nitrogens is 8. The molecule has 0 saturated carbocycles. The lowest BCUT2D eigenvalue weighted by atomic mass is 10.1. The zero-order chi connectivity index (χ0) is 31.0. The molecule has 0 aromatic carbocycles. The van der Waals surface area contributed by atoms with Crippen LogP contribution in [0.15, 0.2) is 25.3 Å². The van der Waals surface area contributed by atoms with E-state index < -0.39 is 76.0 Å². The highest BCUT2D eigenvalue weighted by molar-refractivity contribution is 8.44. The first kappa shape index (κ1) is 30.3. The van der Waals surface area contributed by atoms with Crippen molar-refractivity contribution in [2.24, 2.45) is 0 Å². The molecule has 3 aliphatic rings. The second-order valence-electron chi connectivity index (χ2n) is 10.1. The van der Waals surface area contributed by atoms with Crippen molar-refractivity contribution >= 4 is 66.2 Å². The molecule has 17 nitrogen and oxygen atoms in total. The molecule has 0 amide bonds. The maximum atomic E-state index is 16.0. The Labute approximate surface area is 256 Å². The maximum absolute atomic E-state index is 16.0. The Morgan fingerprint density at radius 1 is 0.795 bits per heavy atom. The number of nitrogens with two attached hydrogens (primary N) is 1. The zero-order valence-corrected chi connectivity index (χ0v) is 25.9. The molecule has 4 aromatic rings. The SMILES string of the molecule is Cc1ncnc2c1ncn2[C@@H]1O[C@@H]2CO[P@](=O)(S)O[C@H]3[C@H](F)[C@H](n4cnc5c(N)ncnc54)O[C@@H]3CO[P@@](=O)(S)O[C@H]2[C@@H]1F. The highest BCUT2D eigenvalue weighted by Gasteiger charge is 2.54. The predicted octanol–water partition coefficient (Wildman–Crippen LogP) is 2.92. The van der Waals surface area contributed by atoms with Gasteiger partial charge < -0.3 is 15.2 Å².